The van der Waals surface area contributed by atoms with Crippen LogP contribution in [0.2, 0.25) is 0 Å². The first-order valence-corrected chi connectivity index (χ1v) is 6.07. The van der Waals surface area contributed by atoms with Crippen molar-refractivity contribution in [2.45, 2.75) is 19.8 Å². The molecule has 0 saturated carbocycles. The van der Waals surface area contributed by atoms with Crippen LogP contribution >= 0.6 is 0 Å². The van der Waals surface area contributed by atoms with E-state index in [1.807, 2.05) is 4.90 Å². The molecule has 1 unspecified atom stereocenters. The average Bonchev–Trinajstić information content (AvgIpc) is 2.78. The quantitative estimate of drug-likeness (QED) is 0.302. The normalized spacial score (nSPS) is 20.6. The Balaban J connectivity index is 2.58. The van der Waals surface area contributed by atoms with Crippen LogP contribution in [0, 0.1) is 16.0 Å². The molecule has 0 amide bonds. The standard InChI is InChI=1S/C11H21N3O3/c1-3-5-13(7-10-4-6-17-9-10)11(12-2)8-14(15)16/h10H,3-9H2,1-2H3. The smallest absolute Gasteiger partial charge is 0.260 e. The van der Waals surface area contributed by atoms with Gasteiger partial charge in [0.2, 0.25) is 0 Å². The van der Waals surface area contributed by atoms with Crippen LogP contribution in [-0.4, -0.2) is 55.6 Å². The summed E-state index contributed by atoms with van der Waals surface area (Å²) < 4.78 is 5.33. The minimum absolute atomic E-state index is 0.190. The summed E-state index contributed by atoms with van der Waals surface area (Å²) in [5.74, 6) is 1.05. The molecule has 0 aromatic carbocycles. The lowest BCUT2D eigenvalue weighted by molar-refractivity contribution is -0.464. The highest BCUT2D eigenvalue weighted by molar-refractivity contribution is 5.83. The Morgan fingerprint density at radius 2 is 2.41 bits per heavy atom. The van der Waals surface area contributed by atoms with E-state index in [4.69, 9.17) is 4.74 Å². The first kappa shape index (κ1) is 13.9. The lowest BCUT2D eigenvalue weighted by atomic mass is 10.1. The van der Waals surface area contributed by atoms with Gasteiger partial charge >= 0.3 is 0 Å². The zero-order valence-electron chi connectivity index (χ0n) is 10.6. The lowest BCUT2D eigenvalue weighted by Gasteiger charge is -2.26. The minimum Gasteiger partial charge on any atom is -0.381 e. The Morgan fingerprint density at radius 1 is 1.65 bits per heavy atom. The second kappa shape index (κ2) is 7.21. The molecule has 6 heteroatoms. The summed E-state index contributed by atoms with van der Waals surface area (Å²) in [6, 6.07) is 0. The van der Waals surface area contributed by atoms with Gasteiger partial charge in [-0.3, -0.25) is 15.1 Å². The highest BCUT2D eigenvalue weighted by Crippen LogP contribution is 2.14. The molecule has 1 aliphatic rings. The van der Waals surface area contributed by atoms with E-state index in [1.165, 1.54) is 0 Å². The van der Waals surface area contributed by atoms with Crippen LogP contribution in [0.5, 0.6) is 0 Å². The van der Waals surface area contributed by atoms with E-state index in [2.05, 4.69) is 11.9 Å². The molecule has 0 N–H and O–H groups in total. The Morgan fingerprint density at radius 3 is 2.88 bits per heavy atom. The molecule has 1 heterocycles. The van der Waals surface area contributed by atoms with Gasteiger partial charge in [0.15, 0.2) is 5.84 Å². The van der Waals surface area contributed by atoms with Crippen LogP contribution in [0.1, 0.15) is 19.8 Å². The zero-order valence-corrected chi connectivity index (χ0v) is 10.6. The van der Waals surface area contributed by atoms with Crippen molar-refractivity contribution in [1.29, 1.82) is 0 Å². The summed E-state index contributed by atoms with van der Waals surface area (Å²) in [5.41, 5.74) is 0. The first-order chi connectivity index (χ1) is 8.17. The monoisotopic (exact) mass is 243 g/mol. The highest BCUT2D eigenvalue weighted by atomic mass is 16.6. The van der Waals surface area contributed by atoms with Crippen molar-refractivity contribution >= 4 is 5.84 Å². The van der Waals surface area contributed by atoms with E-state index in [0.717, 1.165) is 39.1 Å². The molecule has 0 bridgehead atoms. The van der Waals surface area contributed by atoms with Crippen LogP contribution in [0.3, 0.4) is 0 Å². The maximum atomic E-state index is 10.6. The SMILES string of the molecule is CCCN(CC1CCOC1)C(C[N+](=O)[O-])=NC. The Labute approximate surface area is 102 Å². The van der Waals surface area contributed by atoms with Crippen LogP contribution in [0.15, 0.2) is 4.99 Å². The molecule has 1 rings (SSSR count). The molecule has 17 heavy (non-hydrogen) atoms. The maximum Gasteiger partial charge on any atom is 0.260 e. The number of hydrogen-bond acceptors (Lipinski definition) is 4. The van der Waals surface area contributed by atoms with Crippen molar-refractivity contribution in [2.75, 3.05) is 39.9 Å². The molecule has 0 spiro atoms. The molecule has 0 aliphatic carbocycles. The number of nitro groups is 1. The van der Waals surface area contributed by atoms with Crippen molar-refractivity contribution in [2.24, 2.45) is 10.9 Å². The molecular formula is C11H21N3O3. The second-order valence-corrected chi connectivity index (χ2v) is 4.31. The van der Waals surface area contributed by atoms with Gasteiger partial charge in [-0.15, -0.1) is 0 Å². The van der Waals surface area contributed by atoms with Crippen molar-refractivity contribution in [1.82, 2.24) is 4.90 Å². The summed E-state index contributed by atoms with van der Waals surface area (Å²) in [4.78, 5) is 16.3. The molecule has 0 aromatic heterocycles. The minimum atomic E-state index is -0.323. The van der Waals surface area contributed by atoms with Gasteiger partial charge in [-0.25, -0.2) is 0 Å². The predicted molar refractivity (Wildman–Crippen MR) is 66.0 cm³/mol. The van der Waals surface area contributed by atoms with Crippen LogP contribution in [0.4, 0.5) is 0 Å². The molecule has 1 atom stereocenters. The average molecular weight is 243 g/mol. The fourth-order valence-electron chi connectivity index (χ4n) is 2.06. The summed E-state index contributed by atoms with van der Waals surface area (Å²) in [5, 5.41) is 10.6. The number of hydrogen-bond donors (Lipinski definition) is 0. The highest BCUT2D eigenvalue weighted by Gasteiger charge is 2.22. The Hall–Kier alpha value is -1.17. The van der Waals surface area contributed by atoms with Crippen molar-refractivity contribution in [3.63, 3.8) is 0 Å². The fraction of sp³-hybridized carbons (Fsp3) is 0.909. The third-order valence-corrected chi connectivity index (χ3v) is 2.89. The van der Waals surface area contributed by atoms with E-state index in [0.29, 0.717) is 11.8 Å². The summed E-state index contributed by atoms with van der Waals surface area (Å²) >= 11 is 0. The molecule has 0 radical (unpaired) electrons. The number of nitrogens with zero attached hydrogens (tertiary/aromatic N) is 3. The van der Waals surface area contributed by atoms with E-state index in [1.54, 1.807) is 7.05 Å². The van der Waals surface area contributed by atoms with Gasteiger partial charge in [0, 0.05) is 37.6 Å². The molecule has 6 nitrogen and oxygen atoms in total. The largest absolute Gasteiger partial charge is 0.381 e. The van der Waals surface area contributed by atoms with Crippen molar-refractivity contribution in [3.8, 4) is 0 Å². The van der Waals surface area contributed by atoms with Gasteiger partial charge in [-0.2, -0.15) is 0 Å². The van der Waals surface area contributed by atoms with E-state index in [9.17, 15) is 10.1 Å². The second-order valence-electron chi connectivity index (χ2n) is 4.31. The van der Waals surface area contributed by atoms with Gasteiger partial charge < -0.3 is 9.64 Å². The molecule has 1 saturated heterocycles. The van der Waals surface area contributed by atoms with Crippen molar-refractivity contribution in [3.05, 3.63) is 10.1 Å². The topological polar surface area (TPSA) is 68.0 Å². The van der Waals surface area contributed by atoms with Crippen molar-refractivity contribution < 1.29 is 9.66 Å². The van der Waals surface area contributed by atoms with Gasteiger partial charge in [0.25, 0.3) is 6.54 Å². The molecule has 1 fully saturated rings. The first-order valence-electron chi connectivity index (χ1n) is 6.07. The molecule has 0 aromatic rings. The van der Waals surface area contributed by atoms with Gasteiger partial charge in [0.05, 0.1) is 6.61 Å². The van der Waals surface area contributed by atoms with E-state index >= 15 is 0 Å². The zero-order chi connectivity index (χ0) is 12.7. The third kappa shape index (κ3) is 4.68. The number of rotatable bonds is 6. The molecule has 98 valence electrons. The molecular weight excluding hydrogens is 222 g/mol. The number of amidine groups is 1. The fourth-order valence-corrected chi connectivity index (χ4v) is 2.06. The third-order valence-electron chi connectivity index (χ3n) is 2.89. The van der Waals surface area contributed by atoms with Gasteiger partial charge in [0.1, 0.15) is 0 Å². The lowest BCUT2D eigenvalue weighted by Crippen LogP contribution is -2.39. The van der Waals surface area contributed by atoms with E-state index in [-0.39, 0.29) is 11.5 Å². The Kier molecular flexibility index (Phi) is 5.90. The Bertz CT molecular complexity index is 275. The summed E-state index contributed by atoms with van der Waals surface area (Å²) in [6.07, 6.45) is 2.00. The van der Waals surface area contributed by atoms with Crippen LogP contribution in [0.25, 0.3) is 0 Å². The summed E-state index contributed by atoms with van der Waals surface area (Å²) in [6.45, 7) is 5.07. The van der Waals surface area contributed by atoms with Gasteiger partial charge in [-0.05, 0) is 12.8 Å². The molecule has 1 aliphatic heterocycles. The van der Waals surface area contributed by atoms with Crippen LogP contribution < -0.4 is 0 Å². The number of aliphatic imine (C=N–C) groups is 1. The van der Waals surface area contributed by atoms with E-state index < -0.39 is 0 Å². The van der Waals surface area contributed by atoms with Gasteiger partial charge in [-0.1, -0.05) is 6.92 Å². The summed E-state index contributed by atoms with van der Waals surface area (Å²) in [7, 11) is 1.62. The predicted octanol–water partition coefficient (Wildman–Crippen LogP) is 1.04. The maximum absolute atomic E-state index is 10.6. The number of ether oxygens (including phenoxy) is 1. The van der Waals surface area contributed by atoms with Crippen LogP contribution in [-0.2, 0) is 4.74 Å².